The van der Waals surface area contributed by atoms with E-state index in [0.717, 1.165) is 11.1 Å². The molecule has 1 heterocycles. The van der Waals surface area contributed by atoms with Crippen LogP contribution in [0.5, 0.6) is 0 Å². The van der Waals surface area contributed by atoms with Gasteiger partial charge in [-0.3, -0.25) is 4.98 Å². The fourth-order valence-electron chi connectivity index (χ4n) is 1.68. The highest BCUT2D eigenvalue weighted by molar-refractivity contribution is 5.67. The molecule has 3 N–H and O–H groups in total. The van der Waals surface area contributed by atoms with Gasteiger partial charge in [-0.05, 0) is 17.2 Å². The van der Waals surface area contributed by atoms with Crippen LogP contribution in [-0.4, -0.2) is 17.6 Å². The van der Waals surface area contributed by atoms with Crippen molar-refractivity contribution in [1.82, 2.24) is 10.3 Å². The summed E-state index contributed by atoms with van der Waals surface area (Å²) in [5.41, 5.74) is 8.06. The van der Waals surface area contributed by atoms with Crippen LogP contribution in [0.1, 0.15) is 11.1 Å². The number of amides is 1. The summed E-state index contributed by atoms with van der Waals surface area (Å²) in [6.45, 7) is 0.637. The predicted molar refractivity (Wildman–Crippen MR) is 82.3 cm³/mol. The third-order valence-electron chi connectivity index (χ3n) is 2.67. The molecule has 0 spiro atoms. The molecule has 2 rings (SSSR count). The summed E-state index contributed by atoms with van der Waals surface area (Å²) in [7, 11) is 0. The van der Waals surface area contributed by atoms with E-state index in [2.05, 4.69) is 10.3 Å². The number of alkyl carbamates (subject to hydrolysis) is 1. The summed E-state index contributed by atoms with van der Waals surface area (Å²) in [4.78, 5) is 15.5. The van der Waals surface area contributed by atoms with Gasteiger partial charge in [0.05, 0.1) is 5.69 Å². The van der Waals surface area contributed by atoms with Gasteiger partial charge in [0.15, 0.2) is 0 Å². The van der Waals surface area contributed by atoms with Crippen molar-refractivity contribution in [3.8, 4) is 0 Å². The Kier molecular flexibility index (Phi) is 5.34. The van der Waals surface area contributed by atoms with Crippen LogP contribution in [0.25, 0.3) is 6.08 Å². The first kappa shape index (κ1) is 14.6. The SMILES string of the molecule is Nc1cncc(C=CCNC(=O)OCc2ccccc2)c1. The Hall–Kier alpha value is -2.82. The molecule has 0 saturated carbocycles. The number of hydrogen-bond donors (Lipinski definition) is 2. The molecule has 0 saturated heterocycles. The third-order valence-corrected chi connectivity index (χ3v) is 2.67. The highest BCUT2D eigenvalue weighted by atomic mass is 16.5. The number of benzene rings is 1. The lowest BCUT2D eigenvalue weighted by atomic mass is 10.2. The fourth-order valence-corrected chi connectivity index (χ4v) is 1.68. The van der Waals surface area contributed by atoms with E-state index in [1.54, 1.807) is 24.5 Å². The zero-order valence-electron chi connectivity index (χ0n) is 11.5. The number of nitrogen functional groups attached to an aromatic ring is 1. The number of carbonyl (C=O) groups excluding carboxylic acids is 1. The van der Waals surface area contributed by atoms with Gasteiger partial charge in [-0.1, -0.05) is 42.5 Å². The summed E-state index contributed by atoms with van der Waals surface area (Å²) >= 11 is 0. The molecule has 0 atom stereocenters. The first-order valence-corrected chi connectivity index (χ1v) is 6.55. The Morgan fingerprint density at radius 2 is 2.10 bits per heavy atom. The Morgan fingerprint density at radius 1 is 1.29 bits per heavy atom. The molecule has 0 aliphatic carbocycles. The van der Waals surface area contributed by atoms with Crippen molar-refractivity contribution in [3.63, 3.8) is 0 Å². The molecule has 0 aliphatic rings. The molecule has 5 nitrogen and oxygen atoms in total. The van der Waals surface area contributed by atoms with Crippen molar-refractivity contribution in [2.24, 2.45) is 0 Å². The molecule has 108 valence electrons. The molecule has 1 amide bonds. The van der Waals surface area contributed by atoms with Gasteiger partial charge in [0.25, 0.3) is 0 Å². The summed E-state index contributed by atoms with van der Waals surface area (Å²) in [5, 5.41) is 2.64. The number of anilines is 1. The van der Waals surface area contributed by atoms with Gasteiger partial charge in [-0.25, -0.2) is 4.79 Å². The maximum atomic E-state index is 11.5. The maximum absolute atomic E-state index is 11.5. The van der Waals surface area contributed by atoms with E-state index in [4.69, 9.17) is 10.5 Å². The molecule has 0 radical (unpaired) electrons. The quantitative estimate of drug-likeness (QED) is 0.884. The normalized spacial score (nSPS) is 10.5. The van der Waals surface area contributed by atoms with Crippen LogP contribution in [0, 0.1) is 0 Å². The van der Waals surface area contributed by atoms with Gasteiger partial charge in [0, 0.05) is 18.9 Å². The van der Waals surface area contributed by atoms with Gasteiger partial charge in [-0.15, -0.1) is 0 Å². The van der Waals surface area contributed by atoms with Crippen LogP contribution in [0.15, 0.2) is 54.9 Å². The molecule has 0 bridgehead atoms. The van der Waals surface area contributed by atoms with E-state index in [0.29, 0.717) is 12.2 Å². The number of hydrogen-bond acceptors (Lipinski definition) is 4. The van der Waals surface area contributed by atoms with Gasteiger partial charge >= 0.3 is 6.09 Å². The molecular weight excluding hydrogens is 266 g/mol. The highest BCUT2D eigenvalue weighted by Crippen LogP contribution is 2.05. The minimum absolute atomic E-state index is 0.259. The van der Waals surface area contributed by atoms with E-state index in [9.17, 15) is 4.79 Å². The monoisotopic (exact) mass is 283 g/mol. The molecule has 0 fully saturated rings. The number of nitrogens with two attached hydrogens (primary N) is 1. The molecular formula is C16H17N3O2. The van der Waals surface area contributed by atoms with E-state index >= 15 is 0 Å². The predicted octanol–water partition coefficient (Wildman–Crippen LogP) is 2.60. The lowest BCUT2D eigenvalue weighted by Crippen LogP contribution is -2.24. The molecule has 0 unspecified atom stereocenters. The van der Waals surface area contributed by atoms with Gasteiger partial charge in [-0.2, -0.15) is 0 Å². The Bertz CT molecular complexity index is 612. The number of nitrogens with zero attached hydrogens (tertiary/aromatic N) is 1. The topological polar surface area (TPSA) is 77.2 Å². The van der Waals surface area contributed by atoms with E-state index < -0.39 is 6.09 Å². The standard InChI is InChI=1S/C16H17N3O2/c17-15-9-14(10-18-11-15)7-4-8-19-16(20)21-12-13-5-2-1-3-6-13/h1-7,9-11H,8,12,17H2,(H,19,20). The smallest absolute Gasteiger partial charge is 0.407 e. The van der Waals surface area contributed by atoms with E-state index in [-0.39, 0.29) is 6.61 Å². The second-order valence-electron chi connectivity index (χ2n) is 4.40. The molecule has 0 aliphatic heterocycles. The van der Waals surface area contributed by atoms with Crippen molar-refractivity contribution in [3.05, 3.63) is 66.0 Å². The average molecular weight is 283 g/mol. The maximum Gasteiger partial charge on any atom is 0.407 e. The lowest BCUT2D eigenvalue weighted by molar-refractivity contribution is 0.141. The number of pyridine rings is 1. The fraction of sp³-hybridized carbons (Fsp3) is 0.125. The van der Waals surface area contributed by atoms with Crippen LogP contribution in [0.2, 0.25) is 0 Å². The van der Waals surface area contributed by atoms with Crippen LogP contribution in [0.3, 0.4) is 0 Å². The van der Waals surface area contributed by atoms with Gasteiger partial charge < -0.3 is 15.8 Å². The van der Waals surface area contributed by atoms with Crippen LogP contribution < -0.4 is 11.1 Å². The summed E-state index contributed by atoms with van der Waals surface area (Å²) in [6, 6.07) is 11.3. The second kappa shape index (κ2) is 7.69. The van der Waals surface area contributed by atoms with Gasteiger partial charge in [0.2, 0.25) is 0 Å². The highest BCUT2D eigenvalue weighted by Gasteiger charge is 2.00. The number of carbonyl (C=O) groups is 1. The molecule has 21 heavy (non-hydrogen) atoms. The average Bonchev–Trinajstić information content (AvgIpc) is 2.51. The summed E-state index contributed by atoms with van der Waals surface area (Å²) < 4.78 is 5.08. The largest absolute Gasteiger partial charge is 0.445 e. The van der Waals surface area contributed by atoms with Crippen LogP contribution >= 0.6 is 0 Å². The number of nitrogens with one attached hydrogen (secondary N) is 1. The molecule has 2 aromatic rings. The van der Waals surface area contributed by atoms with Crippen molar-refractivity contribution in [2.75, 3.05) is 12.3 Å². The lowest BCUT2D eigenvalue weighted by Gasteiger charge is -2.05. The Balaban J connectivity index is 1.69. The van der Waals surface area contributed by atoms with Crippen molar-refractivity contribution in [2.45, 2.75) is 6.61 Å². The number of ether oxygens (including phenoxy) is 1. The summed E-state index contributed by atoms with van der Waals surface area (Å²) in [6.07, 6.45) is 6.47. The zero-order chi connectivity index (χ0) is 14.9. The first-order chi connectivity index (χ1) is 10.2. The number of aromatic nitrogens is 1. The first-order valence-electron chi connectivity index (χ1n) is 6.55. The second-order valence-corrected chi connectivity index (χ2v) is 4.40. The van der Waals surface area contributed by atoms with Crippen molar-refractivity contribution < 1.29 is 9.53 Å². The van der Waals surface area contributed by atoms with Crippen molar-refractivity contribution >= 4 is 17.9 Å². The Morgan fingerprint density at radius 3 is 2.86 bits per heavy atom. The van der Waals surface area contributed by atoms with Crippen LogP contribution in [0.4, 0.5) is 10.5 Å². The van der Waals surface area contributed by atoms with E-state index in [1.807, 2.05) is 36.4 Å². The minimum Gasteiger partial charge on any atom is -0.445 e. The number of rotatable bonds is 5. The minimum atomic E-state index is -0.450. The molecule has 1 aromatic heterocycles. The molecule has 1 aromatic carbocycles. The van der Waals surface area contributed by atoms with Crippen molar-refractivity contribution in [1.29, 1.82) is 0 Å². The molecule has 5 heteroatoms. The Labute approximate surface area is 123 Å². The van der Waals surface area contributed by atoms with Crippen LogP contribution in [-0.2, 0) is 11.3 Å². The summed E-state index contributed by atoms with van der Waals surface area (Å²) in [5.74, 6) is 0. The zero-order valence-corrected chi connectivity index (χ0v) is 11.5. The van der Waals surface area contributed by atoms with E-state index in [1.165, 1.54) is 0 Å². The third kappa shape index (κ3) is 5.36. The van der Waals surface area contributed by atoms with Gasteiger partial charge in [0.1, 0.15) is 6.61 Å².